The summed E-state index contributed by atoms with van der Waals surface area (Å²) in [7, 11) is -3.00. The highest BCUT2D eigenvalue weighted by Crippen LogP contribution is 2.30. The van der Waals surface area contributed by atoms with Crippen LogP contribution in [-0.4, -0.2) is 35.4 Å². The van der Waals surface area contributed by atoms with Crippen LogP contribution in [0.3, 0.4) is 0 Å². The van der Waals surface area contributed by atoms with Crippen molar-refractivity contribution in [1.29, 1.82) is 0 Å². The first-order valence-corrected chi connectivity index (χ1v) is 9.20. The Labute approximate surface area is 127 Å². The molecule has 1 atom stereocenters. The second kappa shape index (κ2) is 5.25. The van der Waals surface area contributed by atoms with Gasteiger partial charge >= 0.3 is 0 Å². The van der Waals surface area contributed by atoms with E-state index in [0.29, 0.717) is 29.8 Å². The van der Waals surface area contributed by atoms with E-state index in [1.54, 1.807) is 13.0 Å². The molecule has 3 rings (SSSR count). The molecule has 114 valence electrons. The molecule has 1 aromatic heterocycles. The molecule has 21 heavy (non-hydrogen) atoms. The Morgan fingerprint density at radius 1 is 1.48 bits per heavy atom. The van der Waals surface area contributed by atoms with Gasteiger partial charge in [0.25, 0.3) is 0 Å². The normalized spacial score (nSPS) is 21.2. The maximum atomic E-state index is 13.7. The molecule has 1 aliphatic rings. The average molecular weight is 331 g/mol. The minimum absolute atomic E-state index is 0.115. The molecule has 1 aliphatic heterocycles. The third-order valence-corrected chi connectivity index (χ3v) is 5.87. The van der Waals surface area contributed by atoms with Gasteiger partial charge in [-0.1, -0.05) is 0 Å². The van der Waals surface area contributed by atoms with E-state index in [2.05, 4.69) is 4.98 Å². The summed E-state index contributed by atoms with van der Waals surface area (Å²) in [4.78, 5) is 4.44. The Kier molecular flexibility index (Phi) is 3.69. The number of alkyl halides is 1. The van der Waals surface area contributed by atoms with Crippen molar-refractivity contribution in [3.05, 3.63) is 29.3 Å². The average Bonchev–Trinajstić information content (AvgIpc) is 2.91. The predicted molar refractivity (Wildman–Crippen MR) is 81.2 cm³/mol. The van der Waals surface area contributed by atoms with Gasteiger partial charge in [0.1, 0.15) is 11.6 Å². The summed E-state index contributed by atoms with van der Waals surface area (Å²) in [5.41, 5.74) is 1.88. The van der Waals surface area contributed by atoms with Gasteiger partial charge in [-0.2, -0.15) is 0 Å². The van der Waals surface area contributed by atoms with Crippen LogP contribution in [0.1, 0.15) is 23.9 Å². The van der Waals surface area contributed by atoms with E-state index in [-0.39, 0.29) is 23.4 Å². The highest BCUT2D eigenvalue weighted by molar-refractivity contribution is 7.91. The van der Waals surface area contributed by atoms with Gasteiger partial charge < -0.3 is 4.57 Å². The van der Waals surface area contributed by atoms with Crippen LogP contribution in [0, 0.1) is 12.7 Å². The lowest BCUT2D eigenvalue weighted by atomic mass is 10.2. The van der Waals surface area contributed by atoms with Gasteiger partial charge in [-0.25, -0.2) is 17.8 Å². The van der Waals surface area contributed by atoms with Crippen molar-refractivity contribution < 1.29 is 12.8 Å². The number of imidazole rings is 1. The van der Waals surface area contributed by atoms with Gasteiger partial charge in [-0.15, -0.1) is 11.6 Å². The van der Waals surface area contributed by atoms with E-state index >= 15 is 0 Å². The number of fused-ring (bicyclic) bond motifs is 1. The number of hydrogen-bond acceptors (Lipinski definition) is 3. The third kappa shape index (κ3) is 2.66. The number of aryl methyl sites for hydroxylation is 2. The van der Waals surface area contributed by atoms with Crippen molar-refractivity contribution in [3.63, 3.8) is 0 Å². The Balaban J connectivity index is 2.18. The highest BCUT2D eigenvalue weighted by atomic mass is 35.5. The minimum Gasteiger partial charge on any atom is -0.324 e. The van der Waals surface area contributed by atoms with Crippen LogP contribution in [0.5, 0.6) is 0 Å². The van der Waals surface area contributed by atoms with Gasteiger partial charge in [0, 0.05) is 18.4 Å². The molecule has 1 fully saturated rings. The standard InChI is InChI=1S/C14H16ClFN2O2S/c1-9-6-13-12(7-11(9)16)17-14(2-4-15)18(13)10-3-5-21(19,20)8-10/h6-7,10H,2-5,8H2,1H3. The maximum Gasteiger partial charge on any atom is 0.152 e. The topological polar surface area (TPSA) is 52.0 Å². The van der Waals surface area contributed by atoms with Gasteiger partial charge in [0.2, 0.25) is 0 Å². The Morgan fingerprint density at radius 2 is 2.24 bits per heavy atom. The fourth-order valence-corrected chi connectivity index (χ4v) is 4.79. The zero-order valence-electron chi connectivity index (χ0n) is 11.6. The zero-order valence-corrected chi connectivity index (χ0v) is 13.2. The number of halogens is 2. The van der Waals surface area contributed by atoms with Crippen molar-refractivity contribution in [1.82, 2.24) is 9.55 Å². The van der Waals surface area contributed by atoms with Gasteiger partial charge in [-0.3, -0.25) is 0 Å². The molecular formula is C14H16ClFN2O2S. The zero-order chi connectivity index (χ0) is 15.2. The monoisotopic (exact) mass is 330 g/mol. The maximum absolute atomic E-state index is 13.7. The molecule has 0 radical (unpaired) electrons. The molecule has 0 amide bonds. The lowest BCUT2D eigenvalue weighted by Gasteiger charge is -2.15. The summed E-state index contributed by atoms with van der Waals surface area (Å²) in [5, 5.41) is 0. The van der Waals surface area contributed by atoms with Crippen molar-refractivity contribution in [2.24, 2.45) is 0 Å². The van der Waals surface area contributed by atoms with Crippen LogP contribution in [0.2, 0.25) is 0 Å². The van der Waals surface area contributed by atoms with E-state index in [9.17, 15) is 12.8 Å². The second-order valence-corrected chi connectivity index (χ2v) is 8.09. The Bertz CT molecular complexity index is 801. The van der Waals surface area contributed by atoms with Crippen molar-refractivity contribution in [2.45, 2.75) is 25.8 Å². The first kappa shape index (κ1) is 14.8. The number of benzene rings is 1. The molecule has 4 nitrogen and oxygen atoms in total. The molecule has 0 spiro atoms. The van der Waals surface area contributed by atoms with E-state index in [4.69, 9.17) is 11.6 Å². The molecule has 1 aromatic carbocycles. The number of hydrogen-bond donors (Lipinski definition) is 0. The fraction of sp³-hybridized carbons (Fsp3) is 0.500. The smallest absolute Gasteiger partial charge is 0.152 e. The number of aromatic nitrogens is 2. The highest BCUT2D eigenvalue weighted by Gasteiger charge is 2.31. The van der Waals surface area contributed by atoms with Gasteiger partial charge in [0.15, 0.2) is 9.84 Å². The summed E-state index contributed by atoms with van der Waals surface area (Å²) >= 11 is 5.82. The SMILES string of the molecule is Cc1cc2c(cc1F)nc(CCCl)n2C1CCS(=O)(=O)C1. The molecule has 0 saturated carbocycles. The van der Waals surface area contributed by atoms with Crippen LogP contribution in [-0.2, 0) is 16.3 Å². The summed E-state index contributed by atoms with van der Waals surface area (Å²) in [6, 6.07) is 3.01. The van der Waals surface area contributed by atoms with Gasteiger partial charge in [-0.05, 0) is 25.0 Å². The summed E-state index contributed by atoms with van der Waals surface area (Å²) in [6.45, 7) is 1.69. The molecule has 0 bridgehead atoms. The molecule has 1 saturated heterocycles. The summed E-state index contributed by atoms with van der Waals surface area (Å²) in [6.07, 6.45) is 1.10. The first-order valence-electron chi connectivity index (χ1n) is 6.84. The molecule has 0 aliphatic carbocycles. The quantitative estimate of drug-likeness (QED) is 0.813. The van der Waals surface area contributed by atoms with E-state index in [1.807, 2.05) is 4.57 Å². The lowest BCUT2D eigenvalue weighted by molar-refractivity contribution is 0.548. The molecule has 2 aromatic rings. The van der Waals surface area contributed by atoms with E-state index in [0.717, 1.165) is 11.3 Å². The first-order chi connectivity index (χ1) is 9.91. The summed E-state index contributed by atoms with van der Waals surface area (Å²) < 4.78 is 39.1. The number of sulfone groups is 1. The molecule has 2 heterocycles. The Morgan fingerprint density at radius 3 is 2.86 bits per heavy atom. The van der Waals surface area contributed by atoms with Crippen molar-refractivity contribution in [2.75, 3.05) is 17.4 Å². The molecule has 1 unspecified atom stereocenters. The third-order valence-electron chi connectivity index (χ3n) is 3.93. The number of nitrogens with zero attached hydrogens (tertiary/aromatic N) is 2. The fourth-order valence-electron chi connectivity index (χ4n) is 2.92. The second-order valence-electron chi connectivity index (χ2n) is 5.48. The predicted octanol–water partition coefficient (Wildman–Crippen LogP) is 2.62. The van der Waals surface area contributed by atoms with E-state index in [1.165, 1.54) is 6.07 Å². The summed E-state index contributed by atoms with van der Waals surface area (Å²) in [5.74, 6) is 1.13. The number of rotatable bonds is 3. The minimum atomic E-state index is -3.00. The van der Waals surface area contributed by atoms with Crippen LogP contribution in [0.25, 0.3) is 11.0 Å². The van der Waals surface area contributed by atoms with Crippen molar-refractivity contribution >= 4 is 32.5 Å². The molecule has 7 heteroatoms. The molecule has 0 N–H and O–H groups in total. The van der Waals surface area contributed by atoms with Crippen LogP contribution in [0.4, 0.5) is 4.39 Å². The molecular weight excluding hydrogens is 315 g/mol. The van der Waals surface area contributed by atoms with Crippen LogP contribution in [0.15, 0.2) is 12.1 Å². The lowest BCUT2D eigenvalue weighted by Crippen LogP contribution is -2.14. The van der Waals surface area contributed by atoms with Crippen molar-refractivity contribution in [3.8, 4) is 0 Å². The van der Waals surface area contributed by atoms with Crippen LogP contribution >= 0.6 is 11.6 Å². The van der Waals surface area contributed by atoms with E-state index < -0.39 is 9.84 Å². The largest absolute Gasteiger partial charge is 0.324 e. The van der Waals surface area contributed by atoms with Gasteiger partial charge in [0.05, 0.1) is 28.6 Å². The Hall–Kier alpha value is -1.14. The van der Waals surface area contributed by atoms with Crippen LogP contribution < -0.4 is 0 Å².